The van der Waals surface area contributed by atoms with Crippen molar-refractivity contribution in [3.05, 3.63) is 95.3 Å². The van der Waals surface area contributed by atoms with Crippen LogP contribution in [0.1, 0.15) is 69.4 Å². The number of allylic oxidation sites excluding steroid dienone is 2. The normalized spacial score (nSPS) is 17.8. The van der Waals surface area contributed by atoms with Gasteiger partial charge in [-0.05, 0) is 60.1 Å². The summed E-state index contributed by atoms with van der Waals surface area (Å²) in [6.07, 6.45) is 10.1. The summed E-state index contributed by atoms with van der Waals surface area (Å²) in [5.41, 5.74) is 3.33. The molecule has 2 nitrogen and oxygen atoms in total. The number of aryl methyl sites for hydroxylation is 1. The van der Waals surface area contributed by atoms with E-state index >= 15 is 4.39 Å². The number of unbranched alkanes of at least 4 members (excludes halogenated alkanes) is 3. The second-order valence-electron chi connectivity index (χ2n) is 9.96. The van der Waals surface area contributed by atoms with Crippen molar-refractivity contribution in [2.75, 3.05) is 13.2 Å². The van der Waals surface area contributed by atoms with Crippen molar-refractivity contribution in [1.82, 2.24) is 0 Å². The van der Waals surface area contributed by atoms with Crippen molar-refractivity contribution in [3.8, 4) is 22.3 Å². The second kappa shape index (κ2) is 13.8. The van der Waals surface area contributed by atoms with Crippen LogP contribution in [0.4, 0.5) is 13.2 Å². The molecule has 4 rings (SSSR count). The molecule has 0 radical (unpaired) electrons. The highest BCUT2D eigenvalue weighted by Gasteiger charge is 2.25. The Morgan fingerprint density at radius 3 is 2.21 bits per heavy atom. The van der Waals surface area contributed by atoms with Gasteiger partial charge in [-0.15, -0.1) is 0 Å². The largest absolute Gasteiger partial charge is 0.352 e. The lowest BCUT2D eigenvalue weighted by Crippen LogP contribution is -2.31. The molecule has 1 aliphatic rings. The second-order valence-corrected chi connectivity index (χ2v) is 9.96. The Morgan fingerprint density at radius 2 is 1.53 bits per heavy atom. The number of hydrogen-bond acceptors (Lipinski definition) is 2. The van der Waals surface area contributed by atoms with Crippen LogP contribution < -0.4 is 0 Å². The lowest BCUT2D eigenvalue weighted by atomic mass is 9.94. The fraction of sp³-hybridized carbons (Fsp3) is 0.394. The van der Waals surface area contributed by atoms with E-state index < -0.39 is 11.6 Å². The molecule has 3 aromatic carbocycles. The van der Waals surface area contributed by atoms with Gasteiger partial charge in [0.2, 0.25) is 0 Å². The van der Waals surface area contributed by atoms with E-state index in [1.165, 1.54) is 6.07 Å². The summed E-state index contributed by atoms with van der Waals surface area (Å²) >= 11 is 0. The third-order valence-corrected chi connectivity index (χ3v) is 7.20. The zero-order valence-electron chi connectivity index (χ0n) is 22.3. The predicted octanol–water partition coefficient (Wildman–Crippen LogP) is 9.37. The van der Waals surface area contributed by atoms with E-state index in [1.54, 1.807) is 30.3 Å². The first-order valence-electron chi connectivity index (χ1n) is 13.7. The molecule has 1 saturated heterocycles. The van der Waals surface area contributed by atoms with Crippen LogP contribution in [-0.4, -0.2) is 19.5 Å². The van der Waals surface area contributed by atoms with Gasteiger partial charge in [0.05, 0.1) is 13.2 Å². The molecule has 1 aliphatic heterocycles. The van der Waals surface area contributed by atoms with Crippen molar-refractivity contribution in [3.63, 3.8) is 0 Å². The minimum Gasteiger partial charge on any atom is -0.352 e. The van der Waals surface area contributed by atoms with Crippen LogP contribution in [-0.2, 0) is 15.9 Å². The Hall–Kier alpha value is -2.89. The van der Waals surface area contributed by atoms with E-state index in [9.17, 15) is 8.78 Å². The van der Waals surface area contributed by atoms with Crippen LogP contribution in [0.15, 0.2) is 66.7 Å². The van der Waals surface area contributed by atoms with E-state index in [4.69, 9.17) is 9.47 Å². The zero-order valence-corrected chi connectivity index (χ0v) is 22.3. The van der Waals surface area contributed by atoms with Crippen LogP contribution in [0.3, 0.4) is 0 Å². The van der Waals surface area contributed by atoms with Crippen LogP contribution in [0.5, 0.6) is 0 Å². The molecule has 0 unspecified atom stereocenters. The van der Waals surface area contributed by atoms with Crippen LogP contribution in [0.25, 0.3) is 22.3 Å². The van der Waals surface area contributed by atoms with Gasteiger partial charge < -0.3 is 9.47 Å². The van der Waals surface area contributed by atoms with Gasteiger partial charge in [0.25, 0.3) is 0 Å². The average Bonchev–Trinajstić information content (AvgIpc) is 2.94. The summed E-state index contributed by atoms with van der Waals surface area (Å²) in [6, 6.07) is 15.6. The Labute approximate surface area is 224 Å². The van der Waals surface area contributed by atoms with Gasteiger partial charge in [-0.1, -0.05) is 86.9 Å². The highest BCUT2D eigenvalue weighted by atomic mass is 19.2. The summed E-state index contributed by atoms with van der Waals surface area (Å²) in [6.45, 7) is 4.95. The Morgan fingerprint density at radius 1 is 0.816 bits per heavy atom. The highest BCUT2D eigenvalue weighted by molar-refractivity contribution is 5.71. The van der Waals surface area contributed by atoms with Crippen molar-refractivity contribution >= 4 is 0 Å². The van der Waals surface area contributed by atoms with E-state index in [1.807, 2.05) is 31.2 Å². The molecule has 1 heterocycles. The van der Waals surface area contributed by atoms with Gasteiger partial charge in [-0.2, -0.15) is 0 Å². The molecule has 0 bridgehead atoms. The molecule has 0 saturated carbocycles. The smallest absolute Gasteiger partial charge is 0.166 e. The first-order valence-corrected chi connectivity index (χ1v) is 13.7. The summed E-state index contributed by atoms with van der Waals surface area (Å²) < 4.78 is 56.2. The quantitative estimate of drug-likeness (QED) is 0.184. The SMILES string of the molecule is C/C=C/CCC1OCC(c2ccc(-c3ccc(-c4ccc(CCCCCC)c(F)c4F)cc3)cc2F)CO1. The number of hydrogen-bond donors (Lipinski definition) is 0. The van der Waals surface area contributed by atoms with Gasteiger partial charge in [0.1, 0.15) is 5.82 Å². The molecule has 0 aromatic heterocycles. The summed E-state index contributed by atoms with van der Waals surface area (Å²) in [5.74, 6) is -2.04. The Kier molecular flexibility index (Phi) is 10.2. The fourth-order valence-electron chi connectivity index (χ4n) is 4.92. The molecule has 5 heteroatoms. The monoisotopic (exact) mass is 522 g/mol. The van der Waals surface area contributed by atoms with Crippen molar-refractivity contribution < 1.29 is 22.6 Å². The summed E-state index contributed by atoms with van der Waals surface area (Å²) in [4.78, 5) is 0. The van der Waals surface area contributed by atoms with Gasteiger partial charge in [0, 0.05) is 17.9 Å². The molecule has 38 heavy (non-hydrogen) atoms. The molecular weight excluding hydrogens is 485 g/mol. The van der Waals surface area contributed by atoms with Gasteiger partial charge in [-0.3, -0.25) is 0 Å². The maximum atomic E-state index is 15.1. The third kappa shape index (κ3) is 6.95. The van der Waals surface area contributed by atoms with Gasteiger partial charge in [-0.25, -0.2) is 13.2 Å². The summed E-state index contributed by atoms with van der Waals surface area (Å²) in [7, 11) is 0. The molecule has 0 atom stereocenters. The first kappa shape index (κ1) is 28.1. The third-order valence-electron chi connectivity index (χ3n) is 7.20. The Bertz CT molecular complexity index is 1210. The predicted molar refractivity (Wildman–Crippen MR) is 148 cm³/mol. The van der Waals surface area contributed by atoms with Gasteiger partial charge in [0.15, 0.2) is 17.9 Å². The van der Waals surface area contributed by atoms with Crippen molar-refractivity contribution in [2.45, 2.75) is 71.0 Å². The van der Waals surface area contributed by atoms with E-state index in [2.05, 4.69) is 13.0 Å². The number of ether oxygens (including phenoxy) is 2. The molecular formula is C33H37F3O2. The number of benzene rings is 3. The van der Waals surface area contributed by atoms with Crippen LogP contribution in [0.2, 0.25) is 0 Å². The van der Waals surface area contributed by atoms with Crippen molar-refractivity contribution in [1.29, 1.82) is 0 Å². The lowest BCUT2D eigenvalue weighted by Gasteiger charge is -2.29. The maximum absolute atomic E-state index is 15.1. The average molecular weight is 523 g/mol. The lowest BCUT2D eigenvalue weighted by molar-refractivity contribution is -0.189. The molecule has 202 valence electrons. The molecule has 1 fully saturated rings. The topological polar surface area (TPSA) is 18.5 Å². The minimum absolute atomic E-state index is 0.156. The van der Waals surface area contributed by atoms with E-state index in [0.29, 0.717) is 41.9 Å². The van der Waals surface area contributed by atoms with Gasteiger partial charge >= 0.3 is 0 Å². The van der Waals surface area contributed by atoms with E-state index in [-0.39, 0.29) is 23.6 Å². The molecule has 0 spiro atoms. The molecule has 0 aliphatic carbocycles. The fourth-order valence-corrected chi connectivity index (χ4v) is 4.92. The standard InChI is InChI=1S/C33H37F3O2/c1-3-5-7-9-10-25-16-19-29(33(36)32(25)35)24-14-12-23(13-15-24)26-17-18-28(30(34)20-26)27-21-37-31(38-22-27)11-8-6-4-2/h4,6,12-20,27,31H,3,5,7-11,21-22H2,1-2H3/b6-4+. The number of rotatable bonds is 11. The Balaban J connectivity index is 1.41. The zero-order chi connectivity index (χ0) is 26.9. The first-order chi connectivity index (χ1) is 18.5. The van der Waals surface area contributed by atoms with E-state index in [0.717, 1.165) is 44.1 Å². The molecule has 0 amide bonds. The van der Waals surface area contributed by atoms with Crippen LogP contribution >= 0.6 is 0 Å². The van der Waals surface area contributed by atoms with Crippen molar-refractivity contribution in [2.24, 2.45) is 0 Å². The molecule has 0 N–H and O–H groups in total. The minimum atomic E-state index is -0.817. The molecule has 3 aromatic rings. The highest BCUT2D eigenvalue weighted by Crippen LogP contribution is 2.32. The van der Waals surface area contributed by atoms with Crippen LogP contribution in [0, 0.1) is 17.5 Å². The number of halogens is 3. The maximum Gasteiger partial charge on any atom is 0.166 e. The summed E-state index contributed by atoms with van der Waals surface area (Å²) in [5, 5.41) is 0.